The summed E-state index contributed by atoms with van der Waals surface area (Å²) < 4.78 is 14.5. The van der Waals surface area contributed by atoms with Gasteiger partial charge in [-0.15, -0.1) is 0 Å². The van der Waals surface area contributed by atoms with Gasteiger partial charge in [0, 0.05) is 0 Å². The van der Waals surface area contributed by atoms with Gasteiger partial charge in [-0.25, -0.2) is 0 Å². The van der Waals surface area contributed by atoms with Crippen LogP contribution < -0.4 is 5.46 Å². The molecule has 0 unspecified atom stereocenters. The van der Waals surface area contributed by atoms with Crippen LogP contribution in [-0.2, 0) is 9.31 Å². The van der Waals surface area contributed by atoms with Gasteiger partial charge < -0.3 is 0 Å². The molecule has 3 aromatic rings. The molecule has 1 aliphatic heterocycles. The predicted molar refractivity (Wildman–Crippen MR) is 99.8 cm³/mol. The standard InChI is InChI=1S/C18H19BN3O2.Tl/c1-17(2)18(3,4)24-19(23-17)13-5-6-15-14(11-13)16(22-21-15)12-7-9-20-10-8-12;/h5-11H,1-4H3;/q-1;+1. The van der Waals surface area contributed by atoms with Crippen molar-refractivity contribution in [2.45, 2.75) is 38.9 Å². The van der Waals surface area contributed by atoms with Gasteiger partial charge in [-0.3, -0.25) is 0 Å². The fraction of sp³-hybridized carbons (Fsp3) is 0.333. The molecule has 7 heteroatoms. The van der Waals surface area contributed by atoms with Crippen molar-refractivity contribution in [3.05, 3.63) is 42.7 Å². The average Bonchev–Trinajstić information content (AvgIpc) is 3.01. The van der Waals surface area contributed by atoms with E-state index < -0.39 is 0 Å². The van der Waals surface area contributed by atoms with Gasteiger partial charge in [-0.1, -0.05) is 0 Å². The molecule has 1 aromatic carbocycles. The second kappa shape index (κ2) is 5.89. The Kier molecular flexibility index (Phi) is 4.04. The second-order valence-electron chi connectivity index (χ2n) is 7.39. The third kappa shape index (κ3) is 2.84. The summed E-state index contributed by atoms with van der Waals surface area (Å²) in [6.45, 7) is 8.30. The summed E-state index contributed by atoms with van der Waals surface area (Å²) in [4.78, 5) is 4.11. The van der Waals surface area contributed by atoms with Crippen molar-refractivity contribution in [1.29, 1.82) is 0 Å². The van der Waals surface area contributed by atoms with Crippen LogP contribution in [0.5, 0.6) is 0 Å². The molecule has 0 aliphatic carbocycles. The molecule has 1 aliphatic rings. The predicted octanol–water partition coefficient (Wildman–Crippen LogP) is 2.33. The number of hydrogen-bond donors (Lipinski definition) is 0. The first-order valence-corrected chi connectivity index (χ1v) is 10.3. The molecular weight excluding hydrogens is 505 g/mol. The average molecular weight is 525 g/mol. The summed E-state index contributed by atoms with van der Waals surface area (Å²) in [6.07, 6.45) is 3.60. The Bertz CT molecular complexity index is 924. The maximum atomic E-state index is 6.20. The van der Waals surface area contributed by atoms with Crippen molar-refractivity contribution in [2.75, 3.05) is 0 Å². The molecular formula is C18H19BN3O2Tl. The van der Waals surface area contributed by atoms with Gasteiger partial charge in [-0.2, -0.15) is 0 Å². The van der Waals surface area contributed by atoms with E-state index in [0.717, 1.165) is 27.6 Å². The molecule has 0 bridgehead atoms. The van der Waals surface area contributed by atoms with Gasteiger partial charge in [-0.05, 0) is 0 Å². The van der Waals surface area contributed by atoms with Gasteiger partial charge >= 0.3 is 164 Å². The molecule has 0 spiro atoms. The van der Waals surface area contributed by atoms with Gasteiger partial charge in [0.1, 0.15) is 0 Å². The van der Waals surface area contributed by atoms with E-state index in [1.807, 2.05) is 12.1 Å². The Morgan fingerprint density at radius 2 is 1.64 bits per heavy atom. The van der Waals surface area contributed by atoms with Crippen molar-refractivity contribution >= 4 is 49.5 Å². The fourth-order valence-corrected chi connectivity index (χ4v) is 4.33. The maximum absolute atomic E-state index is 6.20. The molecule has 25 heavy (non-hydrogen) atoms. The molecule has 5 nitrogen and oxygen atoms in total. The normalized spacial score (nSPS) is 18.8. The van der Waals surface area contributed by atoms with Crippen LogP contribution in [0.25, 0.3) is 22.2 Å². The Balaban J connectivity index is 1.81. The van der Waals surface area contributed by atoms with E-state index in [0.29, 0.717) is 26.1 Å². The van der Waals surface area contributed by atoms with E-state index in [4.69, 9.17) is 14.4 Å². The van der Waals surface area contributed by atoms with Crippen molar-refractivity contribution < 1.29 is 9.31 Å². The zero-order valence-corrected chi connectivity index (χ0v) is 19.3. The van der Waals surface area contributed by atoms with Gasteiger partial charge in [0.15, 0.2) is 0 Å². The van der Waals surface area contributed by atoms with Crippen LogP contribution in [-0.4, -0.2) is 57.0 Å². The first-order chi connectivity index (χ1) is 11.8. The molecule has 0 amide bonds. The van der Waals surface area contributed by atoms with Crippen molar-refractivity contribution in [3.63, 3.8) is 0 Å². The monoisotopic (exact) mass is 525 g/mol. The van der Waals surface area contributed by atoms with Crippen LogP contribution in [0.15, 0.2) is 42.7 Å². The minimum absolute atomic E-state index is 0.343. The van der Waals surface area contributed by atoms with Crippen LogP contribution in [0.3, 0.4) is 0 Å². The molecule has 0 radical (unpaired) electrons. The third-order valence-corrected chi connectivity index (χ3v) is 6.74. The second-order valence-corrected chi connectivity index (χ2v) is 9.30. The third-order valence-electron chi connectivity index (χ3n) is 5.21. The van der Waals surface area contributed by atoms with Crippen molar-refractivity contribution in [3.8, 4) is 11.3 Å². The van der Waals surface area contributed by atoms with Crippen LogP contribution in [0, 0.1) is 0 Å². The number of aromatic nitrogens is 3. The Morgan fingerprint density at radius 1 is 1.00 bits per heavy atom. The van der Waals surface area contributed by atoms with Crippen molar-refractivity contribution in [2.24, 2.45) is 0 Å². The van der Waals surface area contributed by atoms with E-state index >= 15 is 0 Å². The number of hydrogen-bond acceptors (Lipinski definition) is 4. The Morgan fingerprint density at radius 3 is 2.28 bits per heavy atom. The summed E-state index contributed by atoms with van der Waals surface area (Å²) in [5.41, 5.74) is 3.55. The van der Waals surface area contributed by atoms with Crippen LogP contribution in [0.2, 0.25) is 0 Å². The van der Waals surface area contributed by atoms with Crippen LogP contribution in [0.4, 0.5) is 0 Å². The number of rotatable bonds is 2. The Labute approximate surface area is 164 Å². The fourth-order valence-electron chi connectivity index (χ4n) is 3.01. The molecule has 124 valence electrons. The Hall–Kier alpha value is -1.25. The molecule has 1 saturated heterocycles. The molecule has 0 saturated carbocycles. The van der Waals surface area contributed by atoms with Gasteiger partial charge in [0.05, 0.1) is 0 Å². The van der Waals surface area contributed by atoms with E-state index in [1.165, 1.54) is 0 Å². The SMILES string of the molecule is CC1(C)OB(c2ccc3c(c2)c(-c2ccncc2)n[n]3[Tl])OC1(C)C. The van der Waals surface area contributed by atoms with E-state index in [-0.39, 0.29) is 18.3 Å². The van der Waals surface area contributed by atoms with Crippen LogP contribution >= 0.6 is 0 Å². The quantitative estimate of drug-likeness (QED) is 0.483. The first-order valence-electron chi connectivity index (χ1n) is 8.32. The summed E-state index contributed by atoms with van der Waals surface area (Å²) in [7, 11) is -0.361. The van der Waals surface area contributed by atoms with Crippen LogP contribution in [0.1, 0.15) is 27.7 Å². The van der Waals surface area contributed by atoms with E-state index in [9.17, 15) is 0 Å². The number of benzene rings is 1. The minimum atomic E-state index is -0.361. The van der Waals surface area contributed by atoms with Gasteiger partial charge in [0.25, 0.3) is 0 Å². The molecule has 0 N–H and O–H groups in total. The number of nitrogens with zero attached hydrogens (tertiary/aromatic N) is 3. The zero-order chi connectivity index (χ0) is 17.8. The first kappa shape index (κ1) is 17.2. The summed E-state index contributed by atoms with van der Waals surface area (Å²) in [6, 6.07) is 10.3. The van der Waals surface area contributed by atoms with Crippen molar-refractivity contribution in [1.82, 2.24) is 12.6 Å². The molecule has 1 fully saturated rings. The summed E-state index contributed by atoms with van der Waals surface area (Å²) in [5.74, 6) is 0. The molecule has 4 rings (SSSR count). The molecule has 3 heterocycles. The molecule has 0 atom stereocenters. The van der Waals surface area contributed by atoms with Gasteiger partial charge in [0.2, 0.25) is 0 Å². The molecule has 2 aromatic heterocycles. The number of pyridine rings is 1. The number of fused-ring (bicyclic) bond motifs is 1. The topological polar surface area (TPSA) is 49.2 Å². The van der Waals surface area contributed by atoms with E-state index in [2.05, 4.69) is 53.4 Å². The summed E-state index contributed by atoms with van der Waals surface area (Å²) >= 11 is 0.603. The van der Waals surface area contributed by atoms with E-state index in [1.54, 1.807) is 12.4 Å². The summed E-state index contributed by atoms with van der Waals surface area (Å²) in [5, 5.41) is 5.89. The zero-order valence-electron chi connectivity index (χ0n) is 14.9.